The van der Waals surface area contributed by atoms with E-state index in [4.69, 9.17) is 20.8 Å². The summed E-state index contributed by atoms with van der Waals surface area (Å²) >= 11 is 5.99. The molecule has 0 saturated heterocycles. The van der Waals surface area contributed by atoms with E-state index in [1.54, 1.807) is 49.2 Å². The topological polar surface area (TPSA) is 92.0 Å². The van der Waals surface area contributed by atoms with Crippen molar-refractivity contribution in [2.24, 2.45) is 0 Å². The number of nitrogens with zero attached hydrogens (tertiary/aromatic N) is 1. The minimum atomic E-state index is -0.511. The second-order valence-corrected chi connectivity index (χ2v) is 7.18. The highest BCUT2D eigenvalue weighted by atomic mass is 35.5. The standard InChI is InChI=1S/C21H21ClN2O5/c1-12-17(25)6-5-15-13(8-20(27)29-21(12)15)10-24(2)11-19(26)23-16-9-14(22)4-7-18(16)28-3/h4-9,25H,10-11H2,1-3H3,(H,23,26). The number of methoxy groups -OCH3 is 1. The normalized spacial score (nSPS) is 11.1. The lowest BCUT2D eigenvalue weighted by molar-refractivity contribution is -0.117. The first kappa shape index (κ1) is 20.7. The summed E-state index contributed by atoms with van der Waals surface area (Å²) in [6, 6.07) is 9.61. The number of aryl methyl sites for hydroxylation is 1. The summed E-state index contributed by atoms with van der Waals surface area (Å²) in [5.74, 6) is 0.308. The zero-order valence-electron chi connectivity index (χ0n) is 16.3. The van der Waals surface area contributed by atoms with Crippen molar-refractivity contribution in [3.63, 3.8) is 0 Å². The summed E-state index contributed by atoms with van der Waals surface area (Å²) in [6.07, 6.45) is 0. The van der Waals surface area contributed by atoms with Gasteiger partial charge in [-0.1, -0.05) is 11.6 Å². The number of phenolic OH excluding ortho intramolecular Hbond substituents is 1. The lowest BCUT2D eigenvalue weighted by Crippen LogP contribution is -2.30. The van der Waals surface area contributed by atoms with Crippen molar-refractivity contribution in [2.45, 2.75) is 13.5 Å². The van der Waals surface area contributed by atoms with Gasteiger partial charge in [0.05, 0.1) is 19.3 Å². The van der Waals surface area contributed by atoms with Crippen molar-refractivity contribution in [2.75, 3.05) is 26.0 Å². The lowest BCUT2D eigenvalue weighted by Gasteiger charge is -2.18. The number of halogens is 1. The summed E-state index contributed by atoms with van der Waals surface area (Å²) < 4.78 is 10.5. The molecule has 0 fully saturated rings. The maximum Gasteiger partial charge on any atom is 0.336 e. The van der Waals surface area contributed by atoms with Gasteiger partial charge in [-0.3, -0.25) is 9.69 Å². The molecule has 0 atom stereocenters. The third kappa shape index (κ3) is 4.70. The second-order valence-electron chi connectivity index (χ2n) is 6.74. The van der Waals surface area contributed by atoms with Crippen molar-refractivity contribution in [3.05, 3.63) is 63.0 Å². The second kappa shape index (κ2) is 8.55. The fourth-order valence-corrected chi connectivity index (χ4v) is 3.28. The van der Waals surface area contributed by atoms with Crippen molar-refractivity contribution < 1.29 is 19.1 Å². The van der Waals surface area contributed by atoms with E-state index in [9.17, 15) is 14.7 Å². The van der Waals surface area contributed by atoms with Crippen LogP contribution < -0.4 is 15.7 Å². The molecule has 3 rings (SSSR count). The van der Waals surface area contributed by atoms with Gasteiger partial charge in [-0.25, -0.2) is 4.79 Å². The van der Waals surface area contributed by atoms with Gasteiger partial charge in [0.2, 0.25) is 5.91 Å². The Bertz CT molecular complexity index is 1130. The number of amides is 1. The van der Waals surface area contributed by atoms with E-state index < -0.39 is 5.63 Å². The van der Waals surface area contributed by atoms with E-state index in [1.165, 1.54) is 13.2 Å². The van der Waals surface area contributed by atoms with Crippen molar-refractivity contribution in [1.29, 1.82) is 0 Å². The minimum absolute atomic E-state index is 0.0565. The number of carbonyl (C=O) groups is 1. The molecule has 2 N–H and O–H groups in total. The van der Waals surface area contributed by atoms with Crippen LogP contribution in [0, 0.1) is 6.92 Å². The van der Waals surface area contributed by atoms with Crippen LogP contribution >= 0.6 is 11.6 Å². The van der Waals surface area contributed by atoms with E-state index in [1.807, 2.05) is 0 Å². The van der Waals surface area contributed by atoms with E-state index in [0.29, 0.717) is 45.1 Å². The van der Waals surface area contributed by atoms with Gasteiger partial charge in [0.25, 0.3) is 0 Å². The zero-order chi connectivity index (χ0) is 21.1. The molecule has 0 saturated carbocycles. The molecule has 0 bridgehead atoms. The third-order valence-corrected chi connectivity index (χ3v) is 4.74. The summed E-state index contributed by atoms with van der Waals surface area (Å²) in [5, 5.41) is 13.8. The van der Waals surface area contributed by atoms with Gasteiger partial charge in [-0.2, -0.15) is 0 Å². The highest BCUT2D eigenvalue weighted by Gasteiger charge is 2.15. The SMILES string of the molecule is COc1ccc(Cl)cc1NC(=O)CN(C)Cc1cc(=O)oc2c(C)c(O)ccc12. The van der Waals surface area contributed by atoms with Gasteiger partial charge in [-0.05, 0) is 49.9 Å². The summed E-state index contributed by atoms with van der Waals surface area (Å²) in [7, 11) is 3.28. The lowest BCUT2D eigenvalue weighted by atomic mass is 10.1. The molecular weight excluding hydrogens is 396 g/mol. The molecule has 8 heteroatoms. The fraction of sp³-hybridized carbons (Fsp3) is 0.238. The van der Waals surface area contributed by atoms with Crippen LogP contribution in [0.4, 0.5) is 5.69 Å². The van der Waals surface area contributed by atoms with Crippen LogP contribution in [0.1, 0.15) is 11.1 Å². The van der Waals surface area contributed by atoms with E-state index in [0.717, 1.165) is 0 Å². The number of aromatic hydroxyl groups is 1. The van der Waals surface area contributed by atoms with Crippen molar-refractivity contribution in [1.82, 2.24) is 4.90 Å². The maximum atomic E-state index is 12.5. The molecular formula is C21H21ClN2O5. The first-order valence-electron chi connectivity index (χ1n) is 8.85. The minimum Gasteiger partial charge on any atom is -0.508 e. The molecule has 3 aromatic rings. The van der Waals surface area contributed by atoms with Gasteiger partial charge in [0, 0.05) is 28.6 Å². The number of carbonyl (C=O) groups excluding carboxylic acids is 1. The molecule has 152 valence electrons. The Hall–Kier alpha value is -3.03. The van der Waals surface area contributed by atoms with Gasteiger partial charge < -0.3 is 19.6 Å². The largest absolute Gasteiger partial charge is 0.508 e. The molecule has 1 aromatic heterocycles. The third-order valence-electron chi connectivity index (χ3n) is 4.51. The number of rotatable bonds is 6. The van der Waals surface area contributed by atoms with E-state index >= 15 is 0 Å². The number of nitrogens with one attached hydrogen (secondary N) is 1. The van der Waals surface area contributed by atoms with Crippen molar-refractivity contribution in [3.8, 4) is 11.5 Å². The number of ether oxygens (including phenoxy) is 1. The van der Waals surface area contributed by atoms with Gasteiger partial charge in [0.1, 0.15) is 17.1 Å². The fourth-order valence-electron chi connectivity index (χ4n) is 3.11. The van der Waals surface area contributed by atoms with Gasteiger partial charge in [-0.15, -0.1) is 0 Å². The average molecular weight is 417 g/mol. The quantitative estimate of drug-likeness (QED) is 0.597. The molecule has 0 aliphatic heterocycles. The van der Waals surface area contributed by atoms with Crippen LogP contribution in [0.5, 0.6) is 11.5 Å². The Morgan fingerprint density at radius 2 is 2.03 bits per heavy atom. The number of fused-ring (bicyclic) bond motifs is 1. The predicted molar refractivity (Wildman–Crippen MR) is 112 cm³/mol. The first-order valence-corrected chi connectivity index (χ1v) is 9.23. The number of anilines is 1. The molecule has 0 unspecified atom stereocenters. The average Bonchev–Trinajstić information content (AvgIpc) is 2.65. The smallest absolute Gasteiger partial charge is 0.336 e. The Balaban J connectivity index is 1.77. The monoisotopic (exact) mass is 416 g/mol. The number of hydrogen-bond acceptors (Lipinski definition) is 6. The molecule has 0 spiro atoms. The Morgan fingerprint density at radius 1 is 1.28 bits per heavy atom. The molecule has 29 heavy (non-hydrogen) atoms. The highest BCUT2D eigenvalue weighted by Crippen LogP contribution is 2.29. The van der Waals surface area contributed by atoms with Gasteiger partial charge >= 0.3 is 5.63 Å². The molecule has 0 aliphatic rings. The molecule has 1 amide bonds. The summed E-state index contributed by atoms with van der Waals surface area (Å²) in [5.41, 5.74) is 1.51. The molecule has 7 nitrogen and oxygen atoms in total. The van der Waals surface area contributed by atoms with Crippen LogP contribution in [0.3, 0.4) is 0 Å². The summed E-state index contributed by atoms with van der Waals surface area (Å²) in [6.45, 7) is 2.10. The highest BCUT2D eigenvalue weighted by molar-refractivity contribution is 6.31. The number of benzene rings is 2. The molecule has 1 heterocycles. The Labute approximate surface area is 172 Å². The number of likely N-dealkylation sites (N-methyl/N-ethyl adjacent to an activating group) is 1. The van der Waals surface area contributed by atoms with Crippen LogP contribution in [0.2, 0.25) is 5.02 Å². The van der Waals surface area contributed by atoms with Crippen LogP contribution in [-0.2, 0) is 11.3 Å². The van der Waals surface area contributed by atoms with Crippen LogP contribution in [0.15, 0.2) is 45.6 Å². The van der Waals surface area contributed by atoms with Gasteiger partial charge in [0.15, 0.2) is 0 Å². The molecule has 2 aromatic carbocycles. The number of hydrogen-bond donors (Lipinski definition) is 2. The van der Waals surface area contributed by atoms with E-state index in [2.05, 4.69) is 5.32 Å². The van der Waals surface area contributed by atoms with E-state index in [-0.39, 0.29) is 18.2 Å². The number of phenols is 1. The van der Waals surface area contributed by atoms with Crippen LogP contribution in [-0.4, -0.2) is 36.6 Å². The first-order chi connectivity index (χ1) is 13.8. The van der Waals surface area contributed by atoms with Crippen molar-refractivity contribution >= 4 is 34.2 Å². The molecule has 0 aliphatic carbocycles. The Morgan fingerprint density at radius 3 is 2.76 bits per heavy atom. The zero-order valence-corrected chi connectivity index (χ0v) is 17.0. The predicted octanol–water partition coefficient (Wildman–Crippen LogP) is 3.54. The van der Waals surface area contributed by atoms with Crippen LogP contribution in [0.25, 0.3) is 11.0 Å². The maximum absolute atomic E-state index is 12.5. The molecule has 0 radical (unpaired) electrons. The Kier molecular flexibility index (Phi) is 6.10. The summed E-state index contributed by atoms with van der Waals surface area (Å²) in [4.78, 5) is 26.2.